The lowest BCUT2D eigenvalue weighted by Crippen LogP contribution is -2.12. The molecular formula is C15H22N2O. The van der Waals surface area contributed by atoms with E-state index in [0.717, 1.165) is 29.4 Å². The van der Waals surface area contributed by atoms with Gasteiger partial charge in [-0.05, 0) is 43.4 Å². The van der Waals surface area contributed by atoms with Gasteiger partial charge in [0.15, 0.2) is 0 Å². The van der Waals surface area contributed by atoms with E-state index < -0.39 is 0 Å². The van der Waals surface area contributed by atoms with Crippen molar-refractivity contribution in [3.05, 3.63) is 23.8 Å². The molecule has 1 saturated carbocycles. The zero-order valence-corrected chi connectivity index (χ0v) is 11.3. The van der Waals surface area contributed by atoms with Crippen LogP contribution in [-0.2, 0) is 4.79 Å². The van der Waals surface area contributed by atoms with Crippen LogP contribution in [0.5, 0.6) is 0 Å². The third kappa shape index (κ3) is 3.49. The molecule has 0 saturated heterocycles. The molecule has 1 fully saturated rings. The summed E-state index contributed by atoms with van der Waals surface area (Å²) >= 11 is 0. The van der Waals surface area contributed by atoms with Crippen LogP contribution in [0.25, 0.3) is 0 Å². The normalized spacial score (nSPS) is 15.7. The third-order valence-corrected chi connectivity index (χ3v) is 3.62. The summed E-state index contributed by atoms with van der Waals surface area (Å²) < 4.78 is 0. The number of benzene rings is 1. The minimum atomic E-state index is -0.0222. The van der Waals surface area contributed by atoms with Gasteiger partial charge in [-0.2, -0.15) is 0 Å². The highest BCUT2D eigenvalue weighted by molar-refractivity contribution is 5.90. The first-order valence-corrected chi connectivity index (χ1v) is 6.77. The number of anilines is 2. The Hall–Kier alpha value is -1.51. The second-order valence-corrected chi connectivity index (χ2v) is 5.24. The monoisotopic (exact) mass is 246 g/mol. The van der Waals surface area contributed by atoms with Crippen LogP contribution in [0.4, 0.5) is 11.4 Å². The van der Waals surface area contributed by atoms with Crippen molar-refractivity contribution in [3.8, 4) is 0 Å². The maximum atomic E-state index is 11.1. The van der Waals surface area contributed by atoms with E-state index in [1.807, 2.05) is 19.1 Å². The minimum absolute atomic E-state index is 0.0222. The minimum Gasteiger partial charge on any atom is -0.385 e. The molecule has 0 aliphatic heterocycles. The third-order valence-electron chi connectivity index (χ3n) is 3.62. The molecule has 98 valence electrons. The van der Waals surface area contributed by atoms with E-state index in [0.29, 0.717) is 0 Å². The molecule has 0 spiro atoms. The van der Waals surface area contributed by atoms with E-state index in [9.17, 15) is 4.79 Å². The van der Waals surface area contributed by atoms with Gasteiger partial charge in [0.25, 0.3) is 0 Å². The average Bonchev–Trinajstić information content (AvgIpc) is 2.82. The zero-order valence-electron chi connectivity index (χ0n) is 11.3. The van der Waals surface area contributed by atoms with Crippen LogP contribution in [0.1, 0.15) is 38.2 Å². The predicted octanol–water partition coefficient (Wildman–Crippen LogP) is 3.56. The Kier molecular flexibility index (Phi) is 4.24. The van der Waals surface area contributed by atoms with E-state index >= 15 is 0 Å². The van der Waals surface area contributed by atoms with Gasteiger partial charge in [-0.25, -0.2) is 0 Å². The van der Waals surface area contributed by atoms with Crippen molar-refractivity contribution in [2.45, 2.75) is 39.5 Å². The summed E-state index contributed by atoms with van der Waals surface area (Å²) in [4.78, 5) is 11.1. The second-order valence-electron chi connectivity index (χ2n) is 5.24. The van der Waals surface area contributed by atoms with Crippen LogP contribution < -0.4 is 10.6 Å². The maximum Gasteiger partial charge on any atom is 0.221 e. The quantitative estimate of drug-likeness (QED) is 0.853. The molecule has 2 rings (SSSR count). The number of hydrogen-bond acceptors (Lipinski definition) is 2. The lowest BCUT2D eigenvalue weighted by atomic mass is 10.1. The molecule has 0 heterocycles. The molecule has 1 aliphatic carbocycles. The standard InChI is InChI=1S/C15H22N2O/c1-11-7-8-14(9-15(11)17-12(2)18)16-10-13-5-3-4-6-13/h7-9,13,16H,3-6,10H2,1-2H3,(H,17,18). The van der Waals surface area contributed by atoms with Gasteiger partial charge in [-0.3, -0.25) is 4.79 Å². The topological polar surface area (TPSA) is 41.1 Å². The first-order chi connectivity index (χ1) is 8.65. The van der Waals surface area contributed by atoms with Gasteiger partial charge < -0.3 is 10.6 Å². The summed E-state index contributed by atoms with van der Waals surface area (Å²) in [6, 6.07) is 6.14. The highest BCUT2D eigenvalue weighted by atomic mass is 16.1. The molecule has 1 amide bonds. The van der Waals surface area contributed by atoms with E-state index in [1.54, 1.807) is 0 Å². The lowest BCUT2D eigenvalue weighted by Gasteiger charge is -2.14. The highest BCUT2D eigenvalue weighted by Crippen LogP contribution is 2.26. The molecule has 1 aliphatic rings. The number of amides is 1. The molecule has 3 nitrogen and oxygen atoms in total. The van der Waals surface area contributed by atoms with Crippen LogP contribution in [0, 0.1) is 12.8 Å². The van der Waals surface area contributed by atoms with Crippen molar-refractivity contribution < 1.29 is 4.79 Å². The van der Waals surface area contributed by atoms with Crippen molar-refractivity contribution in [1.82, 2.24) is 0 Å². The van der Waals surface area contributed by atoms with Gasteiger partial charge in [0, 0.05) is 24.8 Å². The van der Waals surface area contributed by atoms with Crippen molar-refractivity contribution >= 4 is 17.3 Å². The van der Waals surface area contributed by atoms with Gasteiger partial charge in [-0.1, -0.05) is 18.9 Å². The first kappa shape index (κ1) is 12.9. The molecule has 0 unspecified atom stereocenters. The van der Waals surface area contributed by atoms with Crippen molar-refractivity contribution in [3.63, 3.8) is 0 Å². The molecule has 0 radical (unpaired) electrons. The van der Waals surface area contributed by atoms with Gasteiger partial charge in [0.05, 0.1) is 0 Å². The summed E-state index contributed by atoms with van der Waals surface area (Å²) in [6.45, 7) is 4.59. The smallest absolute Gasteiger partial charge is 0.221 e. The Morgan fingerprint density at radius 1 is 1.33 bits per heavy atom. The van der Waals surface area contributed by atoms with Crippen LogP contribution in [-0.4, -0.2) is 12.5 Å². The summed E-state index contributed by atoms with van der Waals surface area (Å²) in [5.41, 5.74) is 3.09. The van der Waals surface area contributed by atoms with Gasteiger partial charge in [0.1, 0.15) is 0 Å². The van der Waals surface area contributed by atoms with Gasteiger partial charge in [0.2, 0.25) is 5.91 Å². The molecular weight excluding hydrogens is 224 g/mol. The molecule has 0 aromatic heterocycles. The Balaban J connectivity index is 1.97. The van der Waals surface area contributed by atoms with Crippen molar-refractivity contribution in [2.24, 2.45) is 5.92 Å². The van der Waals surface area contributed by atoms with E-state index in [2.05, 4.69) is 16.7 Å². The number of rotatable bonds is 4. The molecule has 0 bridgehead atoms. The van der Waals surface area contributed by atoms with Crippen molar-refractivity contribution in [2.75, 3.05) is 17.2 Å². The summed E-state index contributed by atoms with van der Waals surface area (Å²) in [6.07, 6.45) is 5.43. The number of hydrogen-bond donors (Lipinski definition) is 2. The lowest BCUT2D eigenvalue weighted by molar-refractivity contribution is -0.114. The van der Waals surface area contributed by atoms with Gasteiger partial charge >= 0.3 is 0 Å². The molecule has 1 aromatic rings. The largest absolute Gasteiger partial charge is 0.385 e. The summed E-state index contributed by atoms with van der Waals surface area (Å²) in [7, 11) is 0. The van der Waals surface area contributed by atoms with Crippen LogP contribution in [0.3, 0.4) is 0 Å². The highest BCUT2D eigenvalue weighted by Gasteiger charge is 2.14. The SMILES string of the molecule is CC(=O)Nc1cc(NCC2CCCC2)ccc1C. The van der Waals surface area contributed by atoms with Crippen LogP contribution in [0.15, 0.2) is 18.2 Å². The van der Waals surface area contributed by atoms with Crippen LogP contribution in [0.2, 0.25) is 0 Å². The zero-order chi connectivity index (χ0) is 13.0. The second kappa shape index (κ2) is 5.89. The fourth-order valence-corrected chi connectivity index (χ4v) is 2.53. The Morgan fingerprint density at radius 2 is 2.06 bits per heavy atom. The van der Waals surface area contributed by atoms with E-state index in [4.69, 9.17) is 0 Å². The fraction of sp³-hybridized carbons (Fsp3) is 0.533. The maximum absolute atomic E-state index is 11.1. The molecule has 1 aromatic carbocycles. The van der Waals surface area contributed by atoms with Crippen LogP contribution >= 0.6 is 0 Å². The predicted molar refractivity (Wildman–Crippen MR) is 75.9 cm³/mol. The van der Waals surface area contributed by atoms with Gasteiger partial charge in [-0.15, -0.1) is 0 Å². The number of carbonyl (C=O) groups is 1. The molecule has 0 atom stereocenters. The Labute approximate surface area is 109 Å². The first-order valence-electron chi connectivity index (χ1n) is 6.77. The number of nitrogens with one attached hydrogen (secondary N) is 2. The summed E-state index contributed by atoms with van der Waals surface area (Å²) in [5, 5.41) is 6.34. The van der Waals surface area contributed by atoms with E-state index in [-0.39, 0.29) is 5.91 Å². The summed E-state index contributed by atoms with van der Waals surface area (Å²) in [5.74, 6) is 0.793. The number of carbonyl (C=O) groups excluding carboxylic acids is 1. The average molecular weight is 246 g/mol. The molecule has 2 N–H and O–H groups in total. The molecule has 3 heteroatoms. The number of aryl methyl sites for hydroxylation is 1. The Morgan fingerprint density at radius 3 is 2.72 bits per heavy atom. The van der Waals surface area contributed by atoms with E-state index in [1.165, 1.54) is 32.6 Å². The Bertz CT molecular complexity index is 423. The van der Waals surface area contributed by atoms with Crippen molar-refractivity contribution in [1.29, 1.82) is 0 Å². The fourth-order valence-electron chi connectivity index (χ4n) is 2.53. The molecule has 18 heavy (non-hydrogen) atoms.